The van der Waals surface area contributed by atoms with Crippen molar-refractivity contribution in [2.75, 3.05) is 33.2 Å². The van der Waals surface area contributed by atoms with Crippen LogP contribution >= 0.6 is 11.6 Å². The molecule has 0 radical (unpaired) electrons. The smallest absolute Gasteiger partial charge is 0.420 e. The Balaban J connectivity index is 1.43. The number of imidazole rings is 1. The van der Waals surface area contributed by atoms with Crippen LogP contribution in [-0.4, -0.2) is 75.3 Å². The standard InChI is InChI=1S/C22H21ClF3N5O3/c1-28-7-8-30(21(28)33)15-2-5-29(6-3-15)20(32)17-18(23)31-11-14(13-4-9-34-12-13)10-16(19(31)27-17)22(24,25)26/h4,9-12,15H,2-3,5-8H2,1H3. The highest BCUT2D eigenvalue weighted by atomic mass is 35.5. The van der Waals surface area contributed by atoms with E-state index in [1.165, 1.54) is 29.7 Å². The third-order valence-electron chi connectivity index (χ3n) is 6.47. The monoisotopic (exact) mass is 495 g/mol. The summed E-state index contributed by atoms with van der Waals surface area (Å²) < 4.78 is 47.6. The first-order valence-corrected chi connectivity index (χ1v) is 11.2. The lowest BCUT2D eigenvalue weighted by atomic mass is 10.0. The van der Waals surface area contributed by atoms with Crippen LogP contribution in [0.4, 0.5) is 18.0 Å². The van der Waals surface area contributed by atoms with Crippen molar-refractivity contribution in [3.63, 3.8) is 0 Å². The Hall–Kier alpha value is -3.21. The van der Waals surface area contributed by atoms with Gasteiger partial charge in [0.15, 0.2) is 11.3 Å². The number of fused-ring (bicyclic) bond motifs is 1. The lowest BCUT2D eigenvalue weighted by Crippen LogP contribution is -2.47. The van der Waals surface area contributed by atoms with Gasteiger partial charge in [-0.1, -0.05) is 11.6 Å². The Morgan fingerprint density at radius 2 is 1.91 bits per heavy atom. The van der Waals surface area contributed by atoms with Crippen LogP contribution in [0.3, 0.4) is 0 Å². The van der Waals surface area contributed by atoms with Gasteiger partial charge in [0.05, 0.1) is 18.1 Å². The molecule has 0 spiro atoms. The number of hydrogen-bond acceptors (Lipinski definition) is 4. The number of nitrogens with zero attached hydrogens (tertiary/aromatic N) is 5. The first kappa shape index (κ1) is 22.6. The van der Waals surface area contributed by atoms with Crippen molar-refractivity contribution < 1.29 is 27.2 Å². The first-order chi connectivity index (χ1) is 16.1. The number of carbonyl (C=O) groups is 2. The van der Waals surface area contributed by atoms with Gasteiger partial charge in [0.25, 0.3) is 5.91 Å². The normalized spacial score (nSPS) is 17.9. The molecule has 5 rings (SSSR count). The summed E-state index contributed by atoms with van der Waals surface area (Å²) in [5, 5.41) is -0.186. The van der Waals surface area contributed by atoms with Crippen LogP contribution in [0.15, 0.2) is 35.3 Å². The van der Waals surface area contributed by atoms with E-state index < -0.39 is 23.3 Å². The number of likely N-dealkylation sites (tertiary alicyclic amines) is 1. The van der Waals surface area contributed by atoms with Crippen LogP contribution in [0.25, 0.3) is 16.8 Å². The highest BCUT2D eigenvalue weighted by Crippen LogP contribution is 2.37. The van der Waals surface area contributed by atoms with Gasteiger partial charge >= 0.3 is 12.2 Å². The molecule has 2 aliphatic rings. The number of alkyl halides is 3. The average molecular weight is 496 g/mol. The van der Waals surface area contributed by atoms with Crippen LogP contribution < -0.4 is 0 Å². The molecule has 0 bridgehead atoms. The minimum absolute atomic E-state index is 0.0207. The lowest BCUT2D eigenvalue weighted by Gasteiger charge is -2.36. The molecule has 3 aromatic rings. The van der Waals surface area contributed by atoms with Gasteiger partial charge in [-0.3, -0.25) is 9.20 Å². The largest absolute Gasteiger partial charge is 0.472 e. The van der Waals surface area contributed by atoms with Crippen molar-refractivity contribution in [2.45, 2.75) is 25.1 Å². The van der Waals surface area contributed by atoms with Gasteiger partial charge in [-0.25, -0.2) is 9.78 Å². The number of aromatic nitrogens is 2. The van der Waals surface area contributed by atoms with Gasteiger partial charge in [0.2, 0.25) is 0 Å². The molecule has 8 nitrogen and oxygen atoms in total. The second-order valence-electron chi connectivity index (χ2n) is 8.52. The summed E-state index contributed by atoms with van der Waals surface area (Å²) in [5.74, 6) is -0.532. The van der Waals surface area contributed by atoms with Crippen LogP contribution in [0.5, 0.6) is 0 Å². The van der Waals surface area contributed by atoms with E-state index in [4.69, 9.17) is 16.0 Å². The van der Waals surface area contributed by atoms with Crippen LogP contribution in [0.1, 0.15) is 28.9 Å². The van der Waals surface area contributed by atoms with E-state index >= 15 is 0 Å². The number of rotatable bonds is 3. The summed E-state index contributed by atoms with van der Waals surface area (Å²) in [5.41, 5.74) is -0.995. The lowest BCUT2D eigenvalue weighted by molar-refractivity contribution is -0.136. The van der Waals surface area contributed by atoms with E-state index in [9.17, 15) is 22.8 Å². The Labute approximate surface area is 197 Å². The number of carbonyl (C=O) groups excluding carboxylic acids is 2. The Morgan fingerprint density at radius 3 is 2.50 bits per heavy atom. The fourth-order valence-electron chi connectivity index (χ4n) is 4.59. The maximum absolute atomic E-state index is 13.8. The average Bonchev–Trinajstić information content (AvgIpc) is 3.53. The molecule has 2 fully saturated rings. The molecular formula is C22H21ClF3N5O3. The van der Waals surface area contributed by atoms with E-state index in [1.54, 1.807) is 11.9 Å². The summed E-state index contributed by atoms with van der Waals surface area (Å²) in [6.07, 6.45) is 0.538. The molecule has 180 valence electrons. The molecule has 0 aliphatic carbocycles. The molecule has 0 aromatic carbocycles. The van der Waals surface area contributed by atoms with Crippen molar-refractivity contribution in [1.82, 2.24) is 24.1 Å². The third kappa shape index (κ3) is 3.77. The second kappa shape index (κ2) is 8.23. The molecule has 34 heavy (non-hydrogen) atoms. The molecule has 0 atom stereocenters. The van der Waals surface area contributed by atoms with E-state index in [0.29, 0.717) is 44.6 Å². The molecule has 5 heterocycles. The highest BCUT2D eigenvalue weighted by molar-refractivity contribution is 6.33. The number of piperidine rings is 1. The predicted molar refractivity (Wildman–Crippen MR) is 117 cm³/mol. The van der Waals surface area contributed by atoms with Gasteiger partial charge in [-0.15, -0.1) is 0 Å². The highest BCUT2D eigenvalue weighted by Gasteiger charge is 2.38. The van der Waals surface area contributed by atoms with Gasteiger partial charge in [-0.2, -0.15) is 13.2 Å². The number of amides is 3. The number of urea groups is 1. The SMILES string of the molecule is CN1CCN(C2CCN(C(=O)c3nc4c(C(F)(F)F)cc(-c5ccoc5)cn4c3Cl)CC2)C1=O. The van der Waals surface area contributed by atoms with Crippen molar-refractivity contribution in [3.8, 4) is 11.1 Å². The molecule has 12 heteroatoms. The molecule has 3 amide bonds. The minimum atomic E-state index is -4.70. The summed E-state index contributed by atoms with van der Waals surface area (Å²) in [4.78, 5) is 34.5. The Morgan fingerprint density at radius 1 is 1.18 bits per heavy atom. The van der Waals surface area contributed by atoms with Crippen LogP contribution in [-0.2, 0) is 6.18 Å². The van der Waals surface area contributed by atoms with Crippen molar-refractivity contribution in [1.29, 1.82) is 0 Å². The zero-order valence-corrected chi connectivity index (χ0v) is 18.9. The Bertz CT molecular complexity index is 1250. The number of likely N-dealkylation sites (N-methyl/N-ethyl adjacent to an activating group) is 1. The second-order valence-corrected chi connectivity index (χ2v) is 8.88. The number of furan rings is 1. The number of pyridine rings is 1. The van der Waals surface area contributed by atoms with E-state index in [0.717, 1.165) is 10.5 Å². The van der Waals surface area contributed by atoms with Gasteiger partial charge in [0, 0.05) is 56.6 Å². The fraction of sp³-hybridized carbons (Fsp3) is 0.409. The van der Waals surface area contributed by atoms with Gasteiger partial charge in [-0.05, 0) is 25.0 Å². The number of halogens is 4. The van der Waals surface area contributed by atoms with E-state index in [1.807, 2.05) is 4.90 Å². The van der Waals surface area contributed by atoms with E-state index in [-0.39, 0.29) is 28.5 Å². The third-order valence-corrected chi connectivity index (χ3v) is 6.83. The maximum atomic E-state index is 13.8. The van der Waals surface area contributed by atoms with Gasteiger partial charge in [0.1, 0.15) is 5.15 Å². The van der Waals surface area contributed by atoms with Crippen LogP contribution in [0.2, 0.25) is 5.15 Å². The van der Waals surface area contributed by atoms with Gasteiger partial charge < -0.3 is 19.1 Å². The van der Waals surface area contributed by atoms with Crippen molar-refractivity contribution >= 4 is 29.2 Å². The first-order valence-electron chi connectivity index (χ1n) is 10.8. The number of hydrogen-bond donors (Lipinski definition) is 0. The summed E-state index contributed by atoms with van der Waals surface area (Å²) in [6.45, 7) is 2.02. The molecular weight excluding hydrogens is 475 g/mol. The topological polar surface area (TPSA) is 74.3 Å². The summed E-state index contributed by atoms with van der Waals surface area (Å²) in [6, 6.07) is 2.49. The zero-order valence-electron chi connectivity index (χ0n) is 18.2. The fourth-order valence-corrected chi connectivity index (χ4v) is 4.84. The van der Waals surface area contributed by atoms with Crippen molar-refractivity contribution in [2.24, 2.45) is 0 Å². The Kier molecular flexibility index (Phi) is 5.46. The maximum Gasteiger partial charge on any atom is 0.420 e. The molecule has 2 saturated heterocycles. The van der Waals surface area contributed by atoms with Crippen LogP contribution in [0, 0.1) is 0 Å². The summed E-state index contributed by atoms with van der Waals surface area (Å²) >= 11 is 6.40. The molecule has 2 aliphatic heterocycles. The zero-order chi connectivity index (χ0) is 24.2. The molecule has 3 aromatic heterocycles. The molecule has 0 saturated carbocycles. The molecule has 0 N–H and O–H groups in total. The summed E-state index contributed by atoms with van der Waals surface area (Å²) in [7, 11) is 1.75. The predicted octanol–water partition coefficient (Wildman–Crippen LogP) is 4.24. The van der Waals surface area contributed by atoms with Crippen molar-refractivity contribution in [3.05, 3.63) is 47.3 Å². The van der Waals surface area contributed by atoms with E-state index in [2.05, 4.69) is 4.98 Å². The quantitative estimate of drug-likeness (QED) is 0.545. The minimum Gasteiger partial charge on any atom is -0.472 e. The molecule has 0 unspecified atom stereocenters.